The van der Waals surface area contributed by atoms with E-state index in [1.165, 1.54) is 0 Å². The molecule has 0 saturated heterocycles. The fourth-order valence-electron chi connectivity index (χ4n) is 1.63. The van der Waals surface area contributed by atoms with Gasteiger partial charge in [-0.05, 0) is 24.6 Å². The molecular formula is C13H15ClN2O5. The Kier molecular flexibility index (Phi) is 5.98. The van der Waals surface area contributed by atoms with Crippen molar-refractivity contribution in [2.45, 2.75) is 25.4 Å². The van der Waals surface area contributed by atoms with Crippen molar-refractivity contribution in [1.82, 2.24) is 10.6 Å². The fraction of sp³-hybridized carbons (Fsp3) is 0.308. The molecule has 7 nitrogen and oxygen atoms in total. The number of nitrogens with one attached hydrogen (secondary N) is 2. The van der Waals surface area contributed by atoms with Crippen LogP contribution in [0.5, 0.6) is 0 Å². The van der Waals surface area contributed by atoms with E-state index in [0.717, 1.165) is 5.56 Å². The van der Waals surface area contributed by atoms with Gasteiger partial charge in [-0.25, -0.2) is 9.59 Å². The maximum absolute atomic E-state index is 11.7. The molecule has 0 bridgehead atoms. The first-order valence-electron chi connectivity index (χ1n) is 6.06. The molecule has 0 saturated carbocycles. The van der Waals surface area contributed by atoms with E-state index in [1.54, 1.807) is 31.2 Å². The lowest BCUT2D eigenvalue weighted by Crippen LogP contribution is -2.47. The van der Waals surface area contributed by atoms with E-state index in [9.17, 15) is 14.4 Å². The first kappa shape index (κ1) is 16.8. The van der Waals surface area contributed by atoms with Gasteiger partial charge in [-0.1, -0.05) is 23.7 Å². The van der Waals surface area contributed by atoms with Crippen molar-refractivity contribution < 1.29 is 24.6 Å². The lowest BCUT2D eigenvalue weighted by Gasteiger charge is -2.18. The largest absolute Gasteiger partial charge is 0.481 e. The molecule has 0 heterocycles. The van der Waals surface area contributed by atoms with Gasteiger partial charge < -0.3 is 20.8 Å². The predicted molar refractivity (Wildman–Crippen MR) is 75.2 cm³/mol. The van der Waals surface area contributed by atoms with Gasteiger partial charge in [0.05, 0.1) is 12.5 Å². The number of aliphatic carboxylic acids is 2. The van der Waals surface area contributed by atoms with Crippen molar-refractivity contribution in [2.24, 2.45) is 0 Å². The van der Waals surface area contributed by atoms with E-state index < -0.39 is 36.5 Å². The summed E-state index contributed by atoms with van der Waals surface area (Å²) in [7, 11) is 0. The van der Waals surface area contributed by atoms with E-state index in [-0.39, 0.29) is 0 Å². The van der Waals surface area contributed by atoms with E-state index in [1.807, 2.05) is 0 Å². The molecule has 0 fully saturated rings. The molecule has 114 valence electrons. The van der Waals surface area contributed by atoms with Gasteiger partial charge in [0.25, 0.3) is 0 Å². The lowest BCUT2D eigenvalue weighted by molar-refractivity contribution is -0.145. The fourth-order valence-corrected chi connectivity index (χ4v) is 1.83. The molecule has 1 rings (SSSR count). The van der Waals surface area contributed by atoms with E-state index >= 15 is 0 Å². The smallest absolute Gasteiger partial charge is 0.326 e. The second kappa shape index (κ2) is 7.49. The number of carbonyl (C=O) groups is 3. The van der Waals surface area contributed by atoms with Crippen LogP contribution in [0.2, 0.25) is 5.02 Å². The highest BCUT2D eigenvalue weighted by Crippen LogP contribution is 2.17. The highest BCUT2D eigenvalue weighted by Gasteiger charge is 2.23. The molecule has 21 heavy (non-hydrogen) atoms. The van der Waals surface area contributed by atoms with Gasteiger partial charge in [-0.3, -0.25) is 4.79 Å². The number of amides is 2. The quantitative estimate of drug-likeness (QED) is 0.637. The molecule has 1 aromatic carbocycles. The molecule has 1 aromatic rings. The number of halogens is 1. The van der Waals surface area contributed by atoms with Crippen LogP contribution in [0.1, 0.15) is 24.9 Å². The SMILES string of the molecule is CC(NC(=O)N[C@H](CC(=O)O)C(=O)O)c1cccc(Cl)c1. The van der Waals surface area contributed by atoms with Crippen LogP contribution < -0.4 is 10.6 Å². The van der Waals surface area contributed by atoms with E-state index in [0.29, 0.717) is 5.02 Å². The molecule has 0 spiro atoms. The maximum Gasteiger partial charge on any atom is 0.326 e. The Labute approximate surface area is 125 Å². The monoisotopic (exact) mass is 314 g/mol. The zero-order valence-corrected chi connectivity index (χ0v) is 11.9. The van der Waals surface area contributed by atoms with Gasteiger partial charge in [0.2, 0.25) is 0 Å². The van der Waals surface area contributed by atoms with Gasteiger partial charge in [-0.15, -0.1) is 0 Å². The normalized spacial score (nSPS) is 13.0. The van der Waals surface area contributed by atoms with Crippen LogP contribution in [0.3, 0.4) is 0 Å². The zero-order chi connectivity index (χ0) is 16.0. The molecular weight excluding hydrogens is 300 g/mol. The Morgan fingerprint density at radius 3 is 2.43 bits per heavy atom. The van der Waals surface area contributed by atoms with Crippen LogP contribution in [0.4, 0.5) is 4.79 Å². The number of carboxylic acid groups (broad SMARTS) is 2. The Morgan fingerprint density at radius 1 is 1.24 bits per heavy atom. The van der Waals surface area contributed by atoms with E-state index in [4.69, 9.17) is 21.8 Å². The second-order valence-electron chi connectivity index (χ2n) is 4.38. The van der Waals surface area contributed by atoms with Crippen molar-refractivity contribution in [2.75, 3.05) is 0 Å². The summed E-state index contributed by atoms with van der Waals surface area (Å²) in [6.07, 6.45) is -0.700. The van der Waals surface area contributed by atoms with Crippen LogP contribution in [-0.2, 0) is 9.59 Å². The van der Waals surface area contributed by atoms with Gasteiger partial charge >= 0.3 is 18.0 Å². The Morgan fingerprint density at radius 2 is 1.90 bits per heavy atom. The topological polar surface area (TPSA) is 116 Å². The molecule has 1 unspecified atom stereocenters. The summed E-state index contributed by atoms with van der Waals surface area (Å²) >= 11 is 5.84. The summed E-state index contributed by atoms with van der Waals surface area (Å²) in [4.78, 5) is 33.1. The molecule has 2 atom stereocenters. The minimum atomic E-state index is -1.49. The minimum Gasteiger partial charge on any atom is -0.481 e. The van der Waals surface area contributed by atoms with Crippen LogP contribution in [0.25, 0.3) is 0 Å². The molecule has 0 radical (unpaired) electrons. The number of urea groups is 1. The van der Waals surface area contributed by atoms with Gasteiger partial charge in [0, 0.05) is 5.02 Å². The number of hydrogen-bond acceptors (Lipinski definition) is 3. The number of hydrogen-bond donors (Lipinski definition) is 4. The summed E-state index contributed by atoms with van der Waals surface area (Å²) in [5.74, 6) is -2.73. The first-order chi connectivity index (χ1) is 9.79. The molecule has 0 aliphatic heterocycles. The van der Waals surface area contributed by atoms with Crippen LogP contribution in [0.15, 0.2) is 24.3 Å². The van der Waals surface area contributed by atoms with Gasteiger partial charge in [0.1, 0.15) is 6.04 Å². The third-order valence-electron chi connectivity index (χ3n) is 2.68. The van der Waals surface area contributed by atoms with Gasteiger partial charge in [0.15, 0.2) is 0 Å². The Bertz CT molecular complexity index is 549. The number of carboxylic acids is 2. The van der Waals surface area contributed by atoms with Crippen molar-refractivity contribution >= 4 is 29.6 Å². The van der Waals surface area contributed by atoms with Crippen LogP contribution in [-0.4, -0.2) is 34.2 Å². The molecule has 4 N–H and O–H groups in total. The third kappa shape index (κ3) is 5.70. The molecule has 0 aromatic heterocycles. The number of carbonyl (C=O) groups excluding carboxylic acids is 1. The number of benzene rings is 1. The highest BCUT2D eigenvalue weighted by atomic mass is 35.5. The molecule has 0 aliphatic rings. The summed E-state index contributed by atoms with van der Waals surface area (Å²) in [6.45, 7) is 1.69. The zero-order valence-electron chi connectivity index (χ0n) is 11.2. The predicted octanol–water partition coefficient (Wildman–Crippen LogP) is 1.63. The maximum atomic E-state index is 11.7. The van der Waals surface area contributed by atoms with Crippen molar-refractivity contribution in [3.8, 4) is 0 Å². The van der Waals surface area contributed by atoms with Crippen molar-refractivity contribution in [3.05, 3.63) is 34.9 Å². The highest BCUT2D eigenvalue weighted by molar-refractivity contribution is 6.30. The average molecular weight is 315 g/mol. The summed E-state index contributed by atoms with van der Waals surface area (Å²) in [5, 5.41) is 22.5. The van der Waals surface area contributed by atoms with Crippen molar-refractivity contribution in [1.29, 1.82) is 0 Å². The molecule has 8 heteroatoms. The Hall–Kier alpha value is -2.28. The Balaban J connectivity index is 2.63. The van der Waals surface area contributed by atoms with Crippen LogP contribution in [0, 0.1) is 0 Å². The standard InChI is InChI=1S/C13H15ClN2O5/c1-7(8-3-2-4-9(14)5-8)15-13(21)16-10(12(19)20)6-11(17)18/h2-5,7,10H,6H2,1H3,(H,17,18)(H,19,20)(H2,15,16,21)/t7?,10-/m1/s1. The van der Waals surface area contributed by atoms with Crippen LogP contribution >= 0.6 is 11.6 Å². The minimum absolute atomic E-state index is 0.414. The van der Waals surface area contributed by atoms with E-state index in [2.05, 4.69) is 10.6 Å². The van der Waals surface area contributed by atoms with Crippen molar-refractivity contribution in [3.63, 3.8) is 0 Å². The molecule has 0 aliphatic carbocycles. The summed E-state index contributed by atoms with van der Waals surface area (Å²) < 4.78 is 0. The third-order valence-corrected chi connectivity index (χ3v) is 2.91. The lowest BCUT2D eigenvalue weighted by atomic mass is 10.1. The number of rotatable bonds is 6. The van der Waals surface area contributed by atoms with Gasteiger partial charge in [-0.2, -0.15) is 0 Å². The summed E-state index contributed by atoms with van der Waals surface area (Å²) in [5.41, 5.74) is 0.739. The second-order valence-corrected chi connectivity index (χ2v) is 4.82. The summed E-state index contributed by atoms with van der Waals surface area (Å²) in [6, 6.07) is 4.15. The average Bonchev–Trinajstić information content (AvgIpc) is 2.37. The molecule has 2 amide bonds. The first-order valence-corrected chi connectivity index (χ1v) is 6.44.